The van der Waals surface area contributed by atoms with E-state index in [0.717, 1.165) is 0 Å². The second-order valence-electron chi connectivity index (χ2n) is 3.78. The Labute approximate surface area is 108 Å². The number of aromatic carboxylic acids is 1. The van der Waals surface area contributed by atoms with E-state index in [9.17, 15) is 13.2 Å². The molecule has 1 aromatic carbocycles. The van der Waals surface area contributed by atoms with Gasteiger partial charge in [-0.2, -0.15) is 0 Å². The molecule has 2 N–H and O–H groups in total. The van der Waals surface area contributed by atoms with Crippen molar-refractivity contribution in [2.45, 2.75) is 5.75 Å². The number of rotatable bonds is 5. The second-order valence-corrected chi connectivity index (χ2v) is 5.50. The summed E-state index contributed by atoms with van der Waals surface area (Å²) >= 11 is 0. The zero-order valence-corrected chi connectivity index (χ0v) is 10.4. The van der Waals surface area contributed by atoms with Crippen molar-refractivity contribution in [2.75, 3.05) is 4.72 Å². The van der Waals surface area contributed by atoms with Gasteiger partial charge in [0, 0.05) is 0 Å². The zero-order chi connectivity index (χ0) is 13.9. The van der Waals surface area contributed by atoms with Crippen molar-refractivity contribution < 1.29 is 22.8 Å². The first-order valence-electron chi connectivity index (χ1n) is 5.18. The molecule has 1 aromatic heterocycles. The van der Waals surface area contributed by atoms with E-state index >= 15 is 0 Å². The molecular weight excluding hydrogens is 272 g/mol. The standard InChI is InChI=1S/C11H10N2O5S/c14-11(15)9-3-1-8(2-4-9)7-19(16,17)13-10-5-12-18-6-10/h1-6,13H,7H2,(H,14,15). The molecule has 0 unspecified atom stereocenters. The number of aromatic nitrogens is 1. The lowest BCUT2D eigenvalue weighted by atomic mass is 10.1. The fourth-order valence-electron chi connectivity index (χ4n) is 1.43. The van der Waals surface area contributed by atoms with Crippen molar-refractivity contribution in [3.8, 4) is 0 Å². The first-order valence-corrected chi connectivity index (χ1v) is 6.83. The summed E-state index contributed by atoms with van der Waals surface area (Å²) in [5.74, 6) is -1.32. The lowest BCUT2D eigenvalue weighted by Gasteiger charge is -2.05. The SMILES string of the molecule is O=C(O)c1ccc(CS(=O)(=O)Nc2cnoc2)cc1. The highest BCUT2D eigenvalue weighted by atomic mass is 32.2. The average molecular weight is 282 g/mol. The zero-order valence-electron chi connectivity index (χ0n) is 9.61. The van der Waals surface area contributed by atoms with Crippen LogP contribution in [0.1, 0.15) is 15.9 Å². The molecule has 2 rings (SSSR count). The molecule has 0 atom stereocenters. The first kappa shape index (κ1) is 13.1. The van der Waals surface area contributed by atoms with Gasteiger partial charge in [0.15, 0.2) is 0 Å². The predicted octanol–water partition coefficient (Wildman–Crippen LogP) is 1.31. The number of hydrogen-bond acceptors (Lipinski definition) is 5. The van der Waals surface area contributed by atoms with Gasteiger partial charge in [-0.1, -0.05) is 17.3 Å². The third-order valence-electron chi connectivity index (χ3n) is 2.26. The van der Waals surface area contributed by atoms with E-state index in [1.807, 2.05) is 0 Å². The number of nitrogens with one attached hydrogen (secondary N) is 1. The van der Waals surface area contributed by atoms with Gasteiger partial charge in [0.1, 0.15) is 12.0 Å². The summed E-state index contributed by atoms with van der Waals surface area (Å²) in [6.45, 7) is 0. The number of anilines is 1. The summed E-state index contributed by atoms with van der Waals surface area (Å²) in [6.07, 6.45) is 2.41. The summed E-state index contributed by atoms with van der Waals surface area (Å²) in [5, 5.41) is 12.1. The Morgan fingerprint density at radius 3 is 2.53 bits per heavy atom. The summed E-state index contributed by atoms with van der Waals surface area (Å²) in [6, 6.07) is 5.62. The van der Waals surface area contributed by atoms with Crippen LogP contribution in [0.25, 0.3) is 0 Å². The summed E-state index contributed by atoms with van der Waals surface area (Å²) in [5.41, 5.74) is 0.823. The van der Waals surface area contributed by atoms with Gasteiger partial charge in [-0.25, -0.2) is 13.2 Å². The van der Waals surface area contributed by atoms with Crippen LogP contribution in [0.15, 0.2) is 41.2 Å². The van der Waals surface area contributed by atoms with E-state index in [-0.39, 0.29) is 17.0 Å². The van der Waals surface area contributed by atoms with Crippen LogP contribution in [0.2, 0.25) is 0 Å². The minimum Gasteiger partial charge on any atom is -0.478 e. The molecule has 0 amide bonds. The minimum atomic E-state index is -3.59. The van der Waals surface area contributed by atoms with Crippen LogP contribution in [-0.4, -0.2) is 24.7 Å². The van der Waals surface area contributed by atoms with Gasteiger partial charge in [-0.3, -0.25) is 4.72 Å². The largest absolute Gasteiger partial charge is 0.478 e. The molecule has 0 spiro atoms. The van der Waals surface area contributed by atoms with Crippen LogP contribution in [0.4, 0.5) is 5.69 Å². The number of sulfonamides is 1. The smallest absolute Gasteiger partial charge is 0.335 e. The number of carboxylic acids is 1. The Bertz CT molecular complexity index is 662. The fourth-order valence-corrected chi connectivity index (χ4v) is 2.60. The number of carbonyl (C=O) groups is 1. The van der Waals surface area contributed by atoms with Crippen molar-refractivity contribution in [2.24, 2.45) is 0 Å². The van der Waals surface area contributed by atoms with Gasteiger partial charge in [0.05, 0.1) is 17.5 Å². The molecule has 0 bridgehead atoms. The molecule has 0 saturated carbocycles. The summed E-state index contributed by atoms with van der Waals surface area (Å²) in [7, 11) is -3.59. The van der Waals surface area contributed by atoms with E-state index in [4.69, 9.17) is 5.11 Å². The van der Waals surface area contributed by atoms with E-state index < -0.39 is 16.0 Å². The van der Waals surface area contributed by atoms with Crippen LogP contribution in [0, 0.1) is 0 Å². The summed E-state index contributed by atoms with van der Waals surface area (Å²) in [4.78, 5) is 10.7. The lowest BCUT2D eigenvalue weighted by molar-refractivity contribution is 0.0697. The maximum Gasteiger partial charge on any atom is 0.335 e. The number of hydrogen-bond donors (Lipinski definition) is 2. The molecule has 100 valence electrons. The average Bonchev–Trinajstić information content (AvgIpc) is 2.81. The fraction of sp³-hybridized carbons (Fsp3) is 0.0909. The molecule has 0 aliphatic carbocycles. The van der Waals surface area contributed by atoms with Crippen LogP contribution >= 0.6 is 0 Å². The van der Waals surface area contributed by atoms with Crippen molar-refractivity contribution in [3.05, 3.63) is 47.9 Å². The Morgan fingerprint density at radius 2 is 2.00 bits per heavy atom. The van der Waals surface area contributed by atoms with Crippen molar-refractivity contribution in [1.82, 2.24) is 5.16 Å². The van der Waals surface area contributed by atoms with Crippen molar-refractivity contribution >= 4 is 21.7 Å². The van der Waals surface area contributed by atoms with E-state index in [0.29, 0.717) is 5.56 Å². The third kappa shape index (κ3) is 3.55. The number of nitrogens with zero attached hydrogens (tertiary/aromatic N) is 1. The van der Waals surface area contributed by atoms with Gasteiger partial charge in [-0.15, -0.1) is 0 Å². The lowest BCUT2D eigenvalue weighted by Crippen LogP contribution is -2.14. The predicted molar refractivity (Wildman–Crippen MR) is 66.2 cm³/mol. The van der Waals surface area contributed by atoms with Crippen LogP contribution in [0.5, 0.6) is 0 Å². The van der Waals surface area contributed by atoms with E-state index in [2.05, 4.69) is 14.4 Å². The second kappa shape index (κ2) is 5.11. The molecule has 0 fully saturated rings. The van der Waals surface area contributed by atoms with Gasteiger partial charge >= 0.3 is 5.97 Å². The summed E-state index contributed by atoms with van der Waals surface area (Å²) < 4.78 is 30.4. The molecule has 0 aliphatic heterocycles. The Kier molecular flexibility index (Phi) is 3.52. The van der Waals surface area contributed by atoms with Crippen molar-refractivity contribution in [3.63, 3.8) is 0 Å². The van der Waals surface area contributed by atoms with E-state index in [1.54, 1.807) is 0 Å². The van der Waals surface area contributed by atoms with Crippen molar-refractivity contribution in [1.29, 1.82) is 0 Å². The normalized spacial score (nSPS) is 11.2. The van der Waals surface area contributed by atoms with E-state index in [1.165, 1.54) is 36.7 Å². The minimum absolute atomic E-state index is 0.105. The highest BCUT2D eigenvalue weighted by Gasteiger charge is 2.13. The van der Waals surface area contributed by atoms with Gasteiger partial charge in [0.2, 0.25) is 10.0 Å². The monoisotopic (exact) mass is 282 g/mol. The van der Waals surface area contributed by atoms with Gasteiger partial charge in [-0.05, 0) is 17.7 Å². The first-order chi connectivity index (χ1) is 8.96. The Morgan fingerprint density at radius 1 is 1.32 bits per heavy atom. The highest BCUT2D eigenvalue weighted by molar-refractivity contribution is 7.91. The molecular formula is C11H10N2O5S. The molecule has 19 heavy (non-hydrogen) atoms. The maximum absolute atomic E-state index is 11.8. The molecule has 0 aliphatic rings. The molecule has 0 saturated heterocycles. The quantitative estimate of drug-likeness (QED) is 0.855. The maximum atomic E-state index is 11.8. The topological polar surface area (TPSA) is 110 Å². The molecule has 8 heteroatoms. The van der Waals surface area contributed by atoms with Crippen LogP contribution in [-0.2, 0) is 15.8 Å². The highest BCUT2D eigenvalue weighted by Crippen LogP contribution is 2.12. The number of carboxylic acid groups (broad SMARTS) is 1. The molecule has 7 nitrogen and oxygen atoms in total. The Hall–Kier alpha value is -2.35. The molecule has 0 radical (unpaired) electrons. The van der Waals surface area contributed by atoms with Gasteiger partial charge < -0.3 is 9.63 Å². The van der Waals surface area contributed by atoms with Crippen LogP contribution in [0.3, 0.4) is 0 Å². The molecule has 1 heterocycles. The Balaban J connectivity index is 2.09. The molecule has 2 aromatic rings. The van der Waals surface area contributed by atoms with Crippen LogP contribution < -0.4 is 4.72 Å². The third-order valence-corrected chi connectivity index (χ3v) is 3.52. The number of benzene rings is 1. The van der Waals surface area contributed by atoms with Gasteiger partial charge in [0.25, 0.3) is 0 Å².